The number of hydrogen-bond donors (Lipinski definition) is 0. The second kappa shape index (κ2) is 117. The molecule has 0 rings (SSSR count). The molecule has 0 aliphatic heterocycles. The molecule has 0 radical (unpaired) electrons. The molecule has 0 fully saturated rings. The van der Waals surface area contributed by atoms with Gasteiger partial charge in [-0.1, -0.05) is 98.9 Å². The third-order valence-electron chi connectivity index (χ3n) is 0.957. The van der Waals surface area contributed by atoms with Crippen LogP contribution in [0.1, 0.15) is 98.9 Å². The van der Waals surface area contributed by atoms with E-state index in [1.807, 2.05) is 0 Å². The van der Waals surface area contributed by atoms with Gasteiger partial charge in [-0.2, -0.15) is 0 Å². The highest BCUT2D eigenvalue weighted by molar-refractivity contribution is 4.31. The van der Waals surface area contributed by atoms with E-state index in [-0.39, 0.29) is 59.4 Å². The van der Waals surface area contributed by atoms with E-state index >= 15 is 0 Å². The highest BCUT2D eigenvalue weighted by atomic mass is 13.8. The zero-order chi connectivity index (χ0) is 4.83. The molecule has 0 amide bonds. The van der Waals surface area contributed by atoms with Crippen molar-refractivity contribution in [1.82, 2.24) is 0 Å². The lowest BCUT2D eigenvalue weighted by molar-refractivity contribution is 0.702. The molecule has 0 aromatic heterocycles. The van der Waals surface area contributed by atoms with Gasteiger partial charge >= 0.3 is 0 Å². The summed E-state index contributed by atoms with van der Waals surface area (Å²) in [5, 5.41) is 0. The maximum Gasteiger partial charge on any atom is -0.0536 e. The van der Waals surface area contributed by atoms with E-state index in [1.54, 1.807) is 0 Å². The van der Waals surface area contributed by atoms with Crippen LogP contribution >= 0.6 is 0 Å². The van der Waals surface area contributed by atoms with Crippen molar-refractivity contribution in [2.24, 2.45) is 0 Å². The summed E-state index contributed by atoms with van der Waals surface area (Å²) in [7, 11) is 0. The van der Waals surface area contributed by atoms with Crippen LogP contribution in [0.4, 0.5) is 0 Å². The molecule has 0 saturated heterocycles. The first kappa shape index (κ1) is 94.6. The fraction of sp³-hybridized carbons (Fsp3) is 1.00. The first-order valence-electron chi connectivity index (χ1n) is 2.91. The van der Waals surface area contributed by atoms with Gasteiger partial charge in [0.2, 0.25) is 0 Å². The minimum absolute atomic E-state index is 0. The maximum absolute atomic E-state index is 2.23. The minimum atomic E-state index is 0. The van der Waals surface area contributed by atoms with Gasteiger partial charge < -0.3 is 0 Å². The zero-order valence-electron chi connectivity index (χ0n) is 4.83. The third kappa shape index (κ3) is 161. The van der Waals surface area contributed by atoms with Crippen molar-refractivity contribution in [2.45, 2.75) is 98.9 Å². The molecule has 0 nitrogen and oxygen atoms in total. The van der Waals surface area contributed by atoms with Gasteiger partial charge in [-0.3, -0.25) is 0 Å². The van der Waals surface area contributed by atoms with Crippen LogP contribution in [0.2, 0.25) is 0 Å². The SMILES string of the molecule is C.C.C.C.C.C.C.C.CCCCCC. The van der Waals surface area contributed by atoms with E-state index in [2.05, 4.69) is 13.8 Å². The van der Waals surface area contributed by atoms with Gasteiger partial charge in [0.1, 0.15) is 0 Å². The Morgan fingerprint density at radius 2 is 0.571 bits per heavy atom. The van der Waals surface area contributed by atoms with Crippen LogP contribution in [0.25, 0.3) is 0 Å². The highest BCUT2D eigenvalue weighted by Gasteiger charge is 1.75. The second-order valence-electron chi connectivity index (χ2n) is 1.71. The van der Waals surface area contributed by atoms with Gasteiger partial charge in [0.15, 0.2) is 0 Å². The monoisotopic (exact) mass is 214 g/mol. The Kier molecular flexibility index (Phi) is 791. The van der Waals surface area contributed by atoms with Crippen molar-refractivity contribution in [3.63, 3.8) is 0 Å². The van der Waals surface area contributed by atoms with Crippen molar-refractivity contribution < 1.29 is 0 Å². The van der Waals surface area contributed by atoms with Crippen LogP contribution < -0.4 is 0 Å². The average Bonchev–Trinajstić information content (AvgIpc) is 1.61. The predicted molar refractivity (Wildman–Crippen MR) is 83.7 cm³/mol. The molecular weight excluding hydrogens is 168 g/mol. The predicted octanol–water partition coefficient (Wildman–Crippen LogP) is 7.68. The number of rotatable bonds is 3. The normalized spacial score (nSPS) is 3.86. The summed E-state index contributed by atoms with van der Waals surface area (Å²) in [5.74, 6) is 0. The van der Waals surface area contributed by atoms with E-state index in [0.717, 1.165) is 0 Å². The van der Waals surface area contributed by atoms with Gasteiger partial charge in [-0.15, -0.1) is 0 Å². The van der Waals surface area contributed by atoms with Crippen LogP contribution in [0.3, 0.4) is 0 Å². The lowest BCUT2D eigenvalue weighted by Gasteiger charge is -1.86. The van der Waals surface area contributed by atoms with Crippen LogP contribution in [0, 0.1) is 0 Å². The van der Waals surface area contributed by atoms with Crippen molar-refractivity contribution in [3.05, 3.63) is 0 Å². The van der Waals surface area contributed by atoms with E-state index in [0.29, 0.717) is 0 Å². The first-order valence-corrected chi connectivity index (χ1v) is 2.91. The highest BCUT2D eigenvalue weighted by Crippen LogP contribution is 1.95. The standard InChI is InChI=1S/C6H14.8CH4/c1-3-5-6-4-2;;;;;;;;/h3-6H2,1-2H3;8*1H4. The topological polar surface area (TPSA) is 0 Å². The van der Waals surface area contributed by atoms with E-state index in [1.165, 1.54) is 25.7 Å². The Labute approximate surface area is 99.5 Å². The molecule has 0 aliphatic carbocycles. The van der Waals surface area contributed by atoms with E-state index in [9.17, 15) is 0 Å². The van der Waals surface area contributed by atoms with Crippen LogP contribution in [0.5, 0.6) is 0 Å². The largest absolute Gasteiger partial charge is 0.0776 e. The fourth-order valence-electron chi connectivity index (χ4n) is 0.500. The molecule has 0 heteroatoms. The van der Waals surface area contributed by atoms with Crippen LogP contribution in [-0.4, -0.2) is 0 Å². The summed E-state index contributed by atoms with van der Waals surface area (Å²) in [6.45, 7) is 4.46. The average molecular weight is 215 g/mol. The second-order valence-corrected chi connectivity index (χ2v) is 1.71. The molecule has 102 valence electrons. The molecule has 0 saturated carbocycles. The Balaban J connectivity index is -0.00000000446. The van der Waals surface area contributed by atoms with E-state index in [4.69, 9.17) is 0 Å². The van der Waals surface area contributed by atoms with Gasteiger partial charge in [0.25, 0.3) is 0 Å². The number of unbranched alkanes of at least 4 members (excludes halogenated alkanes) is 3. The summed E-state index contributed by atoms with van der Waals surface area (Å²) < 4.78 is 0. The lowest BCUT2D eigenvalue weighted by atomic mass is 10.2. The molecule has 0 aliphatic rings. The van der Waals surface area contributed by atoms with Gasteiger partial charge in [-0.25, -0.2) is 0 Å². The van der Waals surface area contributed by atoms with Crippen molar-refractivity contribution in [3.8, 4) is 0 Å². The summed E-state index contributed by atoms with van der Waals surface area (Å²) >= 11 is 0. The van der Waals surface area contributed by atoms with Crippen molar-refractivity contribution in [2.75, 3.05) is 0 Å². The Morgan fingerprint density at radius 3 is 0.643 bits per heavy atom. The Hall–Kier alpha value is 0. The third-order valence-corrected chi connectivity index (χ3v) is 0.957. The molecule has 0 spiro atoms. The van der Waals surface area contributed by atoms with Gasteiger partial charge in [0.05, 0.1) is 0 Å². The Bertz CT molecular complexity index is 12.0. The molecule has 0 aromatic carbocycles. The maximum atomic E-state index is 2.23. The first-order chi connectivity index (χ1) is 2.91. The quantitative estimate of drug-likeness (QED) is 0.423. The molecule has 0 heterocycles. The number of hydrogen-bond acceptors (Lipinski definition) is 0. The smallest absolute Gasteiger partial charge is 0.0536 e. The molecule has 0 N–H and O–H groups in total. The molecule has 0 bridgehead atoms. The molecule has 0 unspecified atom stereocenters. The lowest BCUT2D eigenvalue weighted by Crippen LogP contribution is -1.66. The fourth-order valence-corrected chi connectivity index (χ4v) is 0.500. The zero-order valence-corrected chi connectivity index (χ0v) is 4.83. The summed E-state index contributed by atoms with van der Waals surface area (Å²) in [5.41, 5.74) is 0. The minimum Gasteiger partial charge on any atom is -0.0776 e. The summed E-state index contributed by atoms with van der Waals surface area (Å²) in [6.07, 6.45) is 5.54. The van der Waals surface area contributed by atoms with Crippen molar-refractivity contribution >= 4 is 0 Å². The van der Waals surface area contributed by atoms with Crippen molar-refractivity contribution in [1.29, 1.82) is 0 Å². The molecule has 0 atom stereocenters. The Morgan fingerprint density at radius 1 is 0.429 bits per heavy atom. The van der Waals surface area contributed by atoms with Gasteiger partial charge in [-0.05, 0) is 0 Å². The molecule has 0 aromatic rings. The van der Waals surface area contributed by atoms with Crippen LogP contribution in [-0.2, 0) is 0 Å². The van der Waals surface area contributed by atoms with Gasteiger partial charge in [0, 0.05) is 0 Å². The van der Waals surface area contributed by atoms with Crippen LogP contribution in [0.15, 0.2) is 0 Å². The summed E-state index contributed by atoms with van der Waals surface area (Å²) in [6, 6.07) is 0. The van der Waals surface area contributed by atoms with E-state index < -0.39 is 0 Å². The molecular formula is C14H46. The summed E-state index contributed by atoms with van der Waals surface area (Å²) in [4.78, 5) is 0. The molecule has 14 heavy (non-hydrogen) atoms.